The van der Waals surface area contributed by atoms with E-state index in [1.54, 1.807) is 0 Å². The van der Waals surface area contributed by atoms with E-state index in [2.05, 4.69) is 0 Å². The lowest BCUT2D eigenvalue weighted by molar-refractivity contribution is -0.187. The summed E-state index contributed by atoms with van der Waals surface area (Å²) in [6.07, 6.45) is 11.2. The second-order valence-electron chi connectivity index (χ2n) is 9.50. The van der Waals surface area contributed by atoms with Crippen LogP contribution in [0.25, 0.3) is 0 Å². The molecule has 0 heterocycles. The second kappa shape index (κ2) is 12.0. The van der Waals surface area contributed by atoms with Crippen molar-refractivity contribution in [2.24, 2.45) is 11.8 Å². The fourth-order valence-corrected chi connectivity index (χ4v) is 4.35. The Morgan fingerprint density at radius 2 is 1.30 bits per heavy atom. The van der Waals surface area contributed by atoms with Crippen molar-refractivity contribution in [3.8, 4) is 0 Å². The Hall–Kier alpha value is -1.14. The van der Waals surface area contributed by atoms with Gasteiger partial charge in [-0.05, 0) is 45.4 Å². The van der Waals surface area contributed by atoms with Gasteiger partial charge in [-0.25, -0.2) is 0 Å². The van der Waals surface area contributed by atoms with Crippen LogP contribution in [-0.2, 0) is 23.8 Å². The van der Waals surface area contributed by atoms with Crippen LogP contribution < -0.4 is 0 Å². The molecule has 2 fully saturated rings. The lowest BCUT2D eigenvalue weighted by atomic mass is 9.89. The average Bonchev–Trinajstić information content (AvgIpc) is 2.79. The molecule has 0 aromatic rings. The molecular weight excluding hydrogens is 384 g/mol. The maximum absolute atomic E-state index is 12.6. The zero-order valence-electron chi connectivity index (χ0n) is 19.2. The summed E-state index contributed by atoms with van der Waals surface area (Å²) in [6.45, 7) is 5.76. The van der Waals surface area contributed by atoms with Crippen LogP contribution in [0, 0.1) is 11.8 Å². The molecule has 2 unspecified atom stereocenters. The molecule has 2 rings (SSSR count). The van der Waals surface area contributed by atoms with Crippen LogP contribution in [0.15, 0.2) is 0 Å². The summed E-state index contributed by atoms with van der Waals surface area (Å²) in [5, 5.41) is 9.98. The van der Waals surface area contributed by atoms with E-state index in [4.69, 9.17) is 14.2 Å². The highest BCUT2D eigenvalue weighted by Crippen LogP contribution is 2.29. The van der Waals surface area contributed by atoms with Crippen molar-refractivity contribution in [2.75, 3.05) is 19.8 Å². The summed E-state index contributed by atoms with van der Waals surface area (Å²) in [5.74, 6) is -0.437. The van der Waals surface area contributed by atoms with E-state index in [-0.39, 0.29) is 43.6 Å². The largest absolute Gasteiger partial charge is 0.457 e. The lowest BCUT2D eigenvalue weighted by Gasteiger charge is -2.35. The minimum Gasteiger partial charge on any atom is -0.457 e. The maximum atomic E-state index is 12.6. The van der Waals surface area contributed by atoms with Gasteiger partial charge in [0.05, 0.1) is 31.7 Å². The molecule has 0 aromatic heterocycles. The molecule has 6 nitrogen and oxygen atoms in total. The van der Waals surface area contributed by atoms with Crippen molar-refractivity contribution in [3.05, 3.63) is 0 Å². The summed E-state index contributed by atoms with van der Waals surface area (Å²) in [5.41, 5.74) is -1.77. The normalized spacial score (nSPS) is 22.7. The number of aliphatic hydroxyl groups excluding tert-OH is 1. The molecule has 2 atom stereocenters. The van der Waals surface area contributed by atoms with E-state index in [0.717, 1.165) is 51.4 Å². The van der Waals surface area contributed by atoms with E-state index in [1.165, 1.54) is 12.8 Å². The van der Waals surface area contributed by atoms with Gasteiger partial charge in [-0.1, -0.05) is 52.4 Å². The SMILES string of the molecule is CCC(C)(COCC(CC)(CO)OC(=O)C1CCCCC1)OC(=O)C1CCCCC1. The molecule has 174 valence electrons. The predicted octanol–water partition coefficient (Wildman–Crippen LogP) is 4.56. The van der Waals surface area contributed by atoms with Crippen LogP contribution in [-0.4, -0.2) is 48.1 Å². The number of hydrogen-bond donors (Lipinski definition) is 1. The van der Waals surface area contributed by atoms with Crippen molar-refractivity contribution >= 4 is 11.9 Å². The molecule has 2 aliphatic rings. The van der Waals surface area contributed by atoms with Gasteiger partial charge in [-0.2, -0.15) is 0 Å². The molecule has 6 heteroatoms. The van der Waals surface area contributed by atoms with Crippen LogP contribution in [0.3, 0.4) is 0 Å². The predicted molar refractivity (Wildman–Crippen MR) is 115 cm³/mol. The molecule has 0 radical (unpaired) electrons. The van der Waals surface area contributed by atoms with Crippen LogP contribution >= 0.6 is 0 Å². The van der Waals surface area contributed by atoms with E-state index in [0.29, 0.717) is 12.8 Å². The van der Waals surface area contributed by atoms with Crippen LogP contribution in [0.1, 0.15) is 97.8 Å². The molecule has 0 spiro atoms. The summed E-state index contributed by atoms with van der Waals surface area (Å²) in [7, 11) is 0. The third-order valence-electron chi connectivity index (χ3n) is 6.99. The van der Waals surface area contributed by atoms with Crippen molar-refractivity contribution in [2.45, 2.75) is 109 Å². The summed E-state index contributed by atoms with van der Waals surface area (Å²) < 4.78 is 17.5. The Labute approximate surface area is 182 Å². The van der Waals surface area contributed by atoms with Crippen molar-refractivity contribution < 1.29 is 28.9 Å². The first-order valence-corrected chi connectivity index (χ1v) is 12.0. The molecule has 0 aromatic carbocycles. The maximum Gasteiger partial charge on any atom is 0.309 e. The highest BCUT2D eigenvalue weighted by molar-refractivity contribution is 5.73. The quantitative estimate of drug-likeness (QED) is 0.488. The molecular formula is C24H42O6. The van der Waals surface area contributed by atoms with Gasteiger partial charge in [-0.15, -0.1) is 0 Å². The van der Waals surface area contributed by atoms with Crippen molar-refractivity contribution in [1.29, 1.82) is 0 Å². The third-order valence-corrected chi connectivity index (χ3v) is 6.99. The Kier molecular flexibility index (Phi) is 10.1. The van der Waals surface area contributed by atoms with Crippen molar-refractivity contribution in [3.63, 3.8) is 0 Å². The molecule has 2 aliphatic carbocycles. The lowest BCUT2D eigenvalue weighted by Crippen LogP contribution is -2.46. The Balaban J connectivity index is 1.88. The molecule has 30 heavy (non-hydrogen) atoms. The molecule has 1 N–H and O–H groups in total. The van der Waals surface area contributed by atoms with Gasteiger partial charge in [0.25, 0.3) is 0 Å². The number of carbonyl (C=O) groups is 2. The van der Waals surface area contributed by atoms with Gasteiger partial charge in [-0.3, -0.25) is 9.59 Å². The summed E-state index contributed by atoms with van der Waals surface area (Å²) in [4.78, 5) is 25.2. The minimum atomic E-state index is -1.05. The smallest absolute Gasteiger partial charge is 0.309 e. The fraction of sp³-hybridized carbons (Fsp3) is 0.917. The first-order chi connectivity index (χ1) is 14.4. The van der Waals surface area contributed by atoms with Gasteiger partial charge in [0.15, 0.2) is 5.60 Å². The van der Waals surface area contributed by atoms with E-state index < -0.39 is 11.2 Å². The highest BCUT2D eigenvalue weighted by atomic mass is 16.6. The highest BCUT2D eigenvalue weighted by Gasteiger charge is 2.37. The topological polar surface area (TPSA) is 82.1 Å². The average molecular weight is 427 g/mol. The van der Waals surface area contributed by atoms with E-state index in [9.17, 15) is 14.7 Å². The first-order valence-electron chi connectivity index (χ1n) is 12.0. The monoisotopic (exact) mass is 426 g/mol. The van der Waals surface area contributed by atoms with Crippen LogP contribution in [0.4, 0.5) is 0 Å². The van der Waals surface area contributed by atoms with Gasteiger partial charge < -0.3 is 19.3 Å². The third kappa shape index (κ3) is 7.23. The molecule has 0 aliphatic heterocycles. The number of ether oxygens (including phenoxy) is 3. The molecule has 2 saturated carbocycles. The zero-order valence-corrected chi connectivity index (χ0v) is 19.2. The Morgan fingerprint density at radius 3 is 1.73 bits per heavy atom. The number of rotatable bonds is 11. The summed E-state index contributed by atoms with van der Waals surface area (Å²) in [6, 6.07) is 0. The zero-order chi connectivity index (χ0) is 22.0. The molecule has 0 saturated heterocycles. The number of esters is 2. The van der Waals surface area contributed by atoms with Gasteiger partial charge in [0.2, 0.25) is 0 Å². The van der Waals surface area contributed by atoms with Gasteiger partial charge in [0.1, 0.15) is 5.60 Å². The van der Waals surface area contributed by atoms with E-state index in [1.807, 2.05) is 20.8 Å². The Bertz CT molecular complexity index is 532. The second-order valence-corrected chi connectivity index (χ2v) is 9.50. The fourth-order valence-electron chi connectivity index (χ4n) is 4.35. The van der Waals surface area contributed by atoms with Crippen LogP contribution in [0.2, 0.25) is 0 Å². The van der Waals surface area contributed by atoms with Crippen molar-refractivity contribution in [1.82, 2.24) is 0 Å². The minimum absolute atomic E-state index is 0.00625. The Morgan fingerprint density at radius 1 is 0.800 bits per heavy atom. The number of carbonyl (C=O) groups excluding carboxylic acids is 2. The number of hydrogen-bond acceptors (Lipinski definition) is 6. The first kappa shape index (κ1) is 25.1. The molecule has 0 bridgehead atoms. The molecule has 0 amide bonds. The van der Waals surface area contributed by atoms with Gasteiger partial charge in [0, 0.05) is 0 Å². The van der Waals surface area contributed by atoms with Gasteiger partial charge >= 0.3 is 11.9 Å². The summed E-state index contributed by atoms with van der Waals surface area (Å²) >= 11 is 0. The van der Waals surface area contributed by atoms with E-state index >= 15 is 0 Å². The standard InChI is InChI=1S/C24H42O6/c1-4-23(3,29-21(26)19-12-8-6-9-13-19)17-28-18-24(5-2,16-25)30-22(27)20-14-10-7-11-15-20/h19-20,25H,4-18H2,1-3H3. The van der Waals surface area contributed by atoms with Crippen LogP contribution in [0.5, 0.6) is 0 Å². The number of aliphatic hydroxyl groups is 1.